The lowest BCUT2D eigenvalue weighted by Crippen LogP contribution is -2.11. The van der Waals surface area contributed by atoms with Gasteiger partial charge in [-0.05, 0) is 23.6 Å². The molecule has 4 nitrogen and oxygen atoms in total. The fourth-order valence-corrected chi connectivity index (χ4v) is 4.77. The number of imidazole rings is 1. The van der Waals surface area contributed by atoms with E-state index in [0.717, 1.165) is 40.3 Å². The zero-order valence-corrected chi connectivity index (χ0v) is 18.3. The van der Waals surface area contributed by atoms with Crippen LogP contribution in [0.4, 0.5) is 0 Å². The molecule has 0 spiro atoms. The lowest BCUT2D eigenvalue weighted by atomic mass is 9.87. The smallest absolute Gasteiger partial charge is 0.155 e. The van der Waals surface area contributed by atoms with Crippen molar-refractivity contribution in [3.63, 3.8) is 0 Å². The van der Waals surface area contributed by atoms with Gasteiger partial charge in [0.2, 0.25) is 0 Å². The lowest BCUT2D eigenvalue weighted by molar-refractivity contribution is 0.306. The number of ether oxygens (including phenoxy) is 1. The molecule has 1 aliphatic carbocycles. The molecule has 4 aromatic rings. The first-order valence-corrected chi connectivity index (χ1v) is 11.4. The van der Waals surface area contributed by atoms with E-state index in [1.807, 2.05) is 42.6 Å². The predicted octanol–water partition coefficient (Wildman–Crippen LogP) is 6.75. The zero-order valence-electron chi connectivity index (χ0n) is 17.5. The Morgan fingerprint density at radius 1 is 1.00 bits per heavy atom. The molecule has 2 aromatic heterocycles. The SMILES string of the molecule is Clc1nccn2c(CC3CCCCC3)nc(-c3cccc(OCc4ccccc4)c3)c12. The van der Waals surface area contributed by atoms with Crippen LogP contribution < -0.4 is 4.74 Å². The summed E-state index contributed by atoms with van der Waals surface area (Å²) in [6.07, 6.45) is 11.3. The van der Waals surface area contributed by atoms with Gasteiger partial charge in [0.25, 0.3) is 0 Å². The van der Waals surface area contributed by atoms with Gasteiger partial charge in [-0.25, -0.2) is 9.97 Å². The topological polar surface area (TPSA) is 39.4 Å². The minimum absolute atomic E-state index is 0.482. The molecule has 0 bridgehead atoms. The molecule has 0 unspecified atom stereocenters. The number of benzene rings is 2. The molecule has 2 aromatic carbocycles. The zero-order chi connectivity index (χ0) is 21.0. The lowest BCUT2D eigenvalue weighted by Gasteiger charge is -2.20. The Morgan fingerprint density at radius 3 is 2.68 bits per heavy atom. The van der Waals surface area contributed by atoms with E-state index in [9.17, 15) is 0 Å². The van der Waals surface area contributed by atoms with Gasteiger partial charge in [-0.3, -0.25) is 4.40 Å². The number of rotatable bonds is 6. The van der Waals surface area contributed by atoms with Gasteiger partial charge in [-0.2, -0.15) is 0 Å². The molecule has 5 heteroatoms. The van der Waals surface area contributed by atoms with Crippen molar-refractivity contribution in [2.24, 2.45) is 5.92 Å². The van der Waals surface area contributed by atoms with Crippen molar-refractivity contribution >= 4 is 17.1 Å². The molecular formula is C26H26ClN3O. The molecule has 1 fully saturated rings. The second-order valence-electron chi connectivity index (χ2n) is 8.32. The van der Waals surface area contributed by atoms with Gasteiger partial charge in [0, 0.05) is 24.4 Å². The highest BCUT2D eigenvalue weighted by molar-refractivity contribution is 6.33. The molecule has 0 saturated heterocycles. The number of hydrogen-bond acceptors (Lipinski definition) is 3. The highest BCUT2D eigenvalue weighted by atomic mass is 35.5. The Balaban J connectivity index is 1.46. The number of halogens is 1. The van der Waals surface area contributed by atoms with Gasteiger partial charge < -0.3 is 4.74 Å². The van der Waals surface area contributed by atoms with Crippen molar-refractivity contribution in [2.45, 2.75) is 45.1 Å². The maximum atomic E-state index is 6.55. The van der Waals surface area contributed by atoms with Crippen molar-refractivity contribution < 1.29 is 4.74 Å². The van der Waals surface area contributed by atoms with Crippen LogP contribution in [0.25, 0.3) is 16.8 Å². The molecular weight excluding hydrogens is 406 g/mol. The summed E-state index contributed by atoms with van der Waals surface area (Å²) in [4.78, 5) is 9.38. The van der Waals surface area contributed by atoms with Crippen molar-refractivity contribution in [3.05, 3.63) is 83.5 Å². The quantitative estimate of drug-likeness (QED) is 0.339. The van der Waals surface area contributed by atoms with Crippen LogP contribution in [-0.4, -0.2) is 14.4 Å². The molecule has 0 radical (unpaired) electrons. The molecule has 1 aliphatic rings. The van der Waals surface area contributed by atoms with Crippen LogP contribution in [0.1, 0.15) is 43.5 Å². The fourth-order valence-electron chi connectivity index (χ4n) is 4.53. The summed E-state index contributed by atoms with van der Waals surface area (Å²) in [6, 6.07) is 18.3. The molecule has 31 heavy (non-hydrogen) atoms. The first kappa shape index (κ1) is 20.1. The molecule has 0 aliphatic heterocycles. The maximum Gasteiger partial charge on any atom is 0.155 e. The summed E-state index contributed by atoms with van der Waals surface area (Å²) in [5.74, 6) is 2.58. The summed E-state index contributed by atoms with van der Waals surface area (Å²) in [5, 5.41) is 0.482. The highest BCUT2D eigenvalue weighted by Gasteiger charge is 2.21. The normalized spacial score (nSPS) is 14.7. The van der Waals surface area contributed by atoms with E-state index < -0.39 is 0 Å². The maximum absolute atomic E-state index is 6.55. The van der Waals surface area contributed by atoms with Crippen LogP contribution in [0.3, 0.4) is 0 Å². The Morgan fingerprint density at radius 2 is 1.84 bits per heavy atom. The van der Waals surface area contributed by atoms with E-state index in [2.05, 4.69) is 27.6 Å². The monoisotopic (exact) mass is 431 g/mol. The number of hydrogen-bond donors (Lipinski definition) is 0. The third kappa shape index (κ3) is 4.45. The second kappa shape index (κ2) is 9.11. The molecule has 5 rings (SSSR count). The summed E-state index contributed by atoms with van der Waals surface area (Å²) in [5.41, 5.74) is 3.87. The van der Waals surface area contributed by atoms with Crippen LogP contribution in [0.2, 0.25) is 5.15 Å². The van der Waals surface area contributed by atoms with Gasteiger partial charge in [-0.15, -0.1) is 0 Å². The van der Waals surface area contributed by atoms with Crippen molar-refractivity contribution in [1.29, 1.82) is 0 Å². The summed E-state index contributed by atoms with van der Waals surface area (Å²) >= 11 is 6.55. The van der Waals surface area contributed by atoms with Gasteiger partial charge in [-0.1, -0.05) is 86.2 Å². The summed E-state index contributed by atoms with van der Waals surface area (Å²) in [6.45, 7) is 0.531. The average Bonchev–Trinajstić information content (AvgIpc) is 3.19. The molecule has 0 atom stereocenters. The van der Waals surface area contributed by atoms with Crippen LogP contribution in [0.15, 0.2) is 67.0 Å². The Hall–Kier alpha value is -2.85. The number of fused-ring (bicyclic) bond motifs is 1. The predicted molar refractivity (Wildman–Crippen MR) is 124 cm³/mol. The van der Waals surface area contributed by atoms with Gasteiger partial charge in [0.05, 0.1) is 5.69 Å². The second-order valence-corrected chi connectivity index (χ2v) is 8.68. The molecule has 158 valence electrons. The van der Waals surface area contributed by atoms with E-state index >= 15 is 0 Å². The Kier molecular flexibility index (Phi) is 5.90. The molecule has 2 heterocycles. The van der Waals surface area contributed by atoms with Gasteiger partial charge in [0.1, 0.15) is 23.7 Å². The first-order valence-electron chi connectivity index (χ1n) is 11.1. The van der Waals surface area contributed by atoms with Crippen molar-refractivity contribution in [2.75, 3.05) is 0 Å². The van der Waals surface area contributed by atoms with Crippen LogP contribution >= 0.6 is 11.6 Å². The minimum atomic E-state index is 0.482. The van der Waals surface area contributed by atoms with Crippen molar-refractivity contribution in [3.8, 4) is 17.0 Å². The third-order valence-electron chi connectivity index (χ3n) is 6.13. The summed E-state index contributed by atoms with van der Waals surface area (Å²) < 4.78 is 8.16. The molecule has 0 amide bonds. The van der Waals surface area contributed by atoms with Gasteiger partial charge >= 0.3 is 0 Å². The van der Waals surface area contributed by atoms with Crippen molar-refractivity contribution in [1.82, 2.24) is 14.4 Å². The van der Waals surface area contributed by atoms with Crippen LogP contribution in [0.5, 0.6) is 5.75 Å². The summed E-state index contributed by atoms with van der Waals surface area (Å²) in [7, 11) is 0. The standard InChI is InChI=1S/C26H26ClN3O/c27-26-25-24(21-12-7-13-22(17-21)31-18-20-10-5-2-6-11-20)29-23(30(25)15-14-28-26)16-19-8-3-1-4-9-19/h2,5-7,10-15,17,19H,1,3-4,8-9,16,18H2. The van der Waals surface area contributed by atoms with Crippen LogP contribution in [-0.2, 0) is 13.0 Å². The largest absolute Gasteiger partial charge is 0.489 e. The third-order valence-corrected chi connectivity index (χ3v) is 6.41. The van der Waals surface area contributed by atoms with E-state index in [1.54, 1.807) is 6.20 Å². The first-order chi connectivity index (χ1) is 15.3. The van der Waals surface area contributed by atoms with E-state index in [0.29, 0.717) is 17.7 Å². The Labute approximate surface area is 187 Å². The Bertz CT molecular complexity index is 1170. The highest BCUT2D eigenvalue weighted by Crippen LogP contribution is 2.33. The average molecular weight is 432 g/mol. The van der Waals surface area contributed by atoms with E-state index in [1.165, 1.54) is 32.1 Å². The van der Waals surface area contributed by atoms with Gasteiger partial charge in [0.15, 0.2) is 5.15 Å². The molecule has 0 N–H and O–H groups in total. The fraction of sp³-hybridized carbons (Fsp3) is 0.308. The number of nitrogens with zero attached hydrogens (tertiary/aromatic N) is 3. The molecule has 1 saturated carbocycles. The minimum Gasteiger partial charge on any atom is -0.489 e. The van der Waals surface area contributed by atoms with Crippen LogP contribution in [0, 0.1) is 5.92 Å². The van der Waals surface area contributed by atoms with E-state index in [4.69, 9.17) is 21.3 Å². The van der Waals surface area contributed by atoms with E-state index in [-0.39, 0.29) is 0 Å². The number of aromatic nitrogens is 3.